The summed E-state index contributed by atoms with van der Waals surface area (Å²) in [5.74, 6) is 1.17. The van der Waals surface area contributed by atoms with E-state index in [0.717, 1.165) is 53.3 Å². The lowest BCUT2D eigenvalue weighted by Gasteiger charge is -2.33. The minimum atomic E-state index is -0.479. The Labute approximate surface area is 197 Å². The lowest BCUT2D eigenvalue weighted by molar-refractivity contribution is 0.0600. The first-order valence-corrected chi connectivity index (χ1v) is 11.3. The van der Waals surface area contributed by atoms with Crippen LogP contribution in [0.3, 0.4) is 0 Å². The van der Waals surface area contributed by atoms with Crippen LogP contribution in [0.2, 0.25) is 0 Å². The fourth-order valence-corrected chi connectivity index (χ4v) is 5.06. The van der Waals surface area contributed by atoms with Crippen LogP contribution in [-0.2, 0) is 24.1 Å². The number of esters is 1. The summed E-state index contributed by atoms with van der Waals surface area (Å²) >= 11 is 0. The van der Waals surface area contributed by atoms with E-state index in [0.29, 0.717) is 40.6 Å². The second kappa shape index (κ2) is 8.59. The topological polar surface area (TPSA) is 87.4 Å². The summed E-state index contributed by atoms with van der Waals surface area (Å²) in [7, 11) is 4.41. The molecule has 0 amide bonds. The number of fused-ring (bicyclic) bond motifs is 4. The Balaban J connectivity index is 1.63. The van der Waals surface area contributed by atoms with Crippen molar-refractivity contribution in [2.24, 2.45) is 0 Å². The molecule has 0 N–H and O–H groups in total. The molecule has 2 aliphatic rings. The van der Waals surface area contributed by atoms with Crippen molar-refractivity contribution >= 4 is 22.6 Å². The summed E-state index contributed by atoms with van der Waals surface area (Å²) in [5, 5.41) is 0.969. The number of carbonyl (C=O) groups excluding carboxylic acids is 1. The molecule has 3 aromatic rings. The summed E-state index contributed by atoms with van der Waals surface area (Å²) < 4.78 is 27.8. The van der Waals surface area contributed by atoms with Gasteiger partial charge in [-0.05, 0) is 44.2 Å². The van der Waals surface area contributed by atoms with Crippen molar-refractivity contribution in [1.29, 1.82) is 0 Å². The molecule has 1 aliphatic carbocycles. The van der Waals surface area contributed by atoms with Gasteiger partial charge in [0.1, 0.15) is 11.3 Å². The number of aryl methyl sites for hydroxylation is 2. The normalized spacial score (nSPS) is 14.8. The maximum Gasteiger partial charge on any atom is 0.340 e. The van der Waals surface area contributed by atoms with Gasteiger partial charge in [-0.25, -0.2) is 9.59 Å². The molecule has 0 unspecified atom stereocenters. The molecule has 178 valence electrons. The van der Waals surface area contributed by atoms with Gasteiger partial charge in [-0.2, -0.15) is 0 Å². The van der Waals surface area contributed by atoms with Crippen LogP contribution in [0.15, 0.2) is 27.4 Å². The number of anilines is 1. The predicted molar refractivity (Wildman–Crippen MR) is 126 cm³/mol. The third-order valence-corrected chi connectivity index (χ3v) is 6.74. The molecule has 8 nitrogen and oxygen atoms in total. The highest BCUT2D eigenvalue weighted by atomic mass is 16.5. The Morgan fingerprint density at radius 2 is 1.71 bits per heavy atom. The molecule has 2 aromatic carbocycles. The quantitative estimate of drug-likeness (QED) is 0.420. The van der Waals surface area contributed by atoms with Crippen LogP contribution in [0.5, 0.6) is 17.2 Å². The molecular formula is C26H27NO7. The fraction of sp³-hybridized carbons (Fsp3) is 0.385. The number of ether oxygens (including phenoxy) is 4. The van der Waals surface area contributed by atoms with E-state index in [9.17, 15) is 9.59 Å². The molecular weight excluding hydrogens is 438 g/mol. The van der Waals surface area contributed by atoms with Crippen molar-refractivity contribution in [3.05, 3.63) is 56.4 Å². The van der Waals surface area contributed by atoms with E-state index in [4.69, 9.17) is 23.4 Å². The number of rotatable bonds is 4. The summed E-state index contributed by atoms with van der Waals surface area (Å²) in [5.41, 5.74) is 4.99. The maximum absolute atomic E-state index is 12.6. The van der Waals surface area contributed by atoms with E-state index in [-0.39, 0.29) is 12.4 Å². The van der Waals surface area contributed by atoms with Crippen LogP contribution in [-0.4, -0.2) is 34.0 Å². The standard InChI is InChI=1S/C26H27NO7/c1-14-23-15(9-18-16-7-5-6-8-17(16)26(29)34-24(14)18)12-27(13-33-23)20-11-22(31-3)21(30-2)10-19(20)25(28)32-4/h9-11H,5-8,12-13H2,1-4H3. The number of methoxy groups -OCH3 is 3. The van der Waals surface area contributed by atoms with Crippen LogP contribution >= 0.6 is 0 Å². The second-order valence-electron chi connectivity index (χ2n) is 8.61. The highest BCUT2D eigenvalue weighted by Crippen LogP contribution is 2.41. The Bertz CT molecular complexity index is 1360. The van der Waals surface area contributed by atoms with Crippen LogP contribution < -0.4 is 24.7 Å². The SMILES string of the molecule is COC(=O)c1cc(OC)c(OC)cc1N1COc2c(cc3c4c(c(=O)oc3c2C)CCCC4)C1. The monoisotopic (exact) mass is 465 g/mol. The number of hydrogen-bond donors (Lipinski definition) is 0. The van der Waals surface area contributed by atoms with Crippen molar-refractivity contribution in [1.82, 2.24) is 0 Å². The molecule has 1 aliphatic heterocycles. The van der Waals surface area contributed by atoms with Crippen LogP contribution in [0.25, 0.3) is 11.0 Å². The molecule has 0 spiro atoms. The number of nitrogens with zero attached hydrogens (tertiary/aromatic N) is 1. The number of carbonyl (C=O) groups is 1. The smallest absolute Gasteiger partial charge is 0.340 e. The highest BCUT2D eigenvalue weighted by molar-refractivity contribution is 5.97. The van der Waals surface area contributed by atoms with E-state index in [1.54, 1.807) is 19.2 Å². The van der Waals surface area contributed by atoms with Gasteiger partial charge in [0.05, 0.1) is 32.6 Å². The number of hydrogen-bond acceptors (Lipinski definition) is 8. The first kappa shape index (κ1) is 22.1. The van der Waals surface area contributed by atoms with E-state index in [1.165, 1.54) is 14.2 Å². The molecule has 8 heteroatoms. The maximum atomic E-state index is 12.6. The number of benzene rings is 2. The van der Waals surface area contributed by atoms with E-state index < -0.39 is 5.97 Å². The summed E-state index contributed by atoms with van der Waals surface area (Å²) in [6.07, 6.45) is 3.67. The van der Waals surface area contributed by atoms with E-state index in [1.807, 2.05) is 11.8 Å². The molecule has 5 rings (SSSR count). The first-order chi connectivity index (χ1) is 16.5. The molecule has 2 heterocycles. The molecule has 0 bridgehead atoms. The van der Waals surface area contributed by atoms with Crippen LogP contribution in [0.4, 0.5) is 5.69 Å². The first-order valence-electron chi connectivity index (χ1n) is 11.3. The summed E-state index contributed by atoms with van der Waals surface area (Å²) in [6, 6.07) is 5.44. The summed E-state index contributed by atoms with van der Waals surface area (Å²) in [4.78, 5) is 27.1. The van der Waals surface area contributed by atoms with Gasteiger partial charge < -0.3 is 28.3 Å². The molecule has 0 atom stereocenters. The largest absolute Gasteiger partial charge is 0.493 e. The van der Waals surface area contributed by atoms with Gasteiger partial charge in [-0.1, -0.05) is 0 Å². The third kappa shape index (κ3) is 3.45. The van der Waals surface area contributed by atoms with Gasteiger partial charge in [-0.15, -0.1) is 0 Å². The Morgan fingerprint density at radius 1 is 1.00 bits per heavy atom. The minimum Gasteiger partial charge on any atom is -0.493 e. The zero-order chi connectivity index (χ0) is 24.0. The van der Waals surface area contributed by atoms with Gasteiger partial charge in [0.25, 0.3) is 0 Å². The lowest BCUT2D eigenvalue weighted by atomic mass is 9.89. The lowest BCUT2D eigenvalue weighted by Crippen LogP contribution is -2.33. The van der Waals surface area contributed by atoms with Crippen molar-refractivity contribution in [3.63, 3.8) is 0 Å². The summed E-state index contributed by atoms with van der Waals surface area (Å²) in [6.45, 7) is 2.62. The van der Waals surface area contributed by atoms with Gasteiger partial charge in [0.15, 0.2) is 18.2 Å². The van der Waals surface area contributed by atoms with Crippen molar-refractivity contribution in [3.8, 4) is 17.2 Å². The van der Waals surface area contributed by atoms with Gasteiger partial charge >= 0.3 is 11.6 Å². The van der Waals surface area contributed by atoms with Crippen molar-refractivity contribution < 1.29 is 28.2 Å². The predicted octanol–water partition coefficient (Wildman–Crippen LogP) is 4.14. The average Bonchev–Trinajstić information content (AvgIpc) is 2.88. The van der Waals surface area contributed by atoms with Gasteiger partial charge in [0.2, 0.25) is 0 Å². The molecule has 0 fully saturated rings. The van der Waals surface area contributed by atoms with Crippen LogP contribution in [0.1, 0.15) is 45.5 Å². The molecule has 34 heavy (non-hydrogen) atoms. The third-order valence-electron chi connectivity index (χ3n) is 6.74. The average molecular weight is 466 g/mol. The van der Waals surface area contributed by atoms with E-state index >= 15 is 0 Å². The van der Waals surface area contributed by atoms with Crippen molar-refractivity contribution in [2.45, 2.75) is 39.2 Å². The zero-order valence-corrected chi connectivity index (χ0v) is 19.8. The van der Waals surface area contributed by atoms with E-state index in [2.05, 4.69) is 6.07 Å². The minimum absolute atomic E-state index is 0.202. The second-order valence-corrected chi connectivity index (χ2v) is 8.61. The molecule has 0 radical (unpaired) electrons. The Morgan fingerprint density at radius 3 is 2.41 bits per heavy atom. The molecule has 0 saturated carbocycles. The Hall–Kier alpha value is -3.68. The zero-order valence-electron chi connectivity index (χ0n) is 19.8. The fourth-order valence-electron chi connectivity index (χ4n) is 5.06. The van der Waals surface area contributed by atoms with Gasteiger partial charge in [0, 0.05) is 40.8 Å². The molecule has 0 saturated heterocycles. The Kier molecular flexibility index (Phi) is 5.59. The van der Waals surface area contributed by atoms with Crippen LogP contribution in [0, 0.1) is 6.92 Å². The van der Waals surface area contributed by atoms with Gasteiger partial charge in [-0.3, -0.25) is 0 Å². The molecule has 1 aromatic heterocycles. The highest BCUT2D eigenvalue weighted by Gasteiger charge is 2.29. The van der Waals surface area contributed by atoms with Crippen molar-refractivity contribution in [2.75, 3.05) is 33.0 Å².